The van der Waals surface area contributed by atoms with E-state index in [1.807, 2.05) is 66.0 Å². The second-order valence-electron chi connectivity index (χ2n) is 6.40. The Morgan fingerprint density at radius 1 is 1.03 bits per heavy atom. The monoisotopic (exact) mass is 436 g/mol. The van der Waals surface area contributed by atoms with E-state index in [2.05, 4.69) is 20.7 Å². The van der Waals surface area contributed by atoms with Crippen molar-refractivity contribution in [1.82, 2.24) is 4.37 Å². The molecule has 152 valence electrons. The van der Waals surface area contributed by atoms with Crippen molar-refractivity contribution in [3.63, 3.8) is 0 Å². The molecule has 0 aliphatic heterocycles. The maximum Gasteiger partial charge on any atom is 0.271 e. The predicted octanol–water partition coefficient (Wildman–Crippen LogP) is 4.98. The number of H-pyrrole nitrogens is 1. The molecule has 4 rings (SSSR count). The van der Waals surface area contributed by atoms with Gasteiger partial charge in [-0.2, -0.15) is 0 Å². The summed E-state index contributed by atoms with van der Waals surface area (Å²) >= 11 is 2.88. The number of aromatic nitrogens is 1. The summed E-state index contributed by atoms with van der Waals surface area (Å²) in [5, 5.41) is 5.91. The number of aromatic amines is 1. The molecule has 2 heterocycles. The van der Waals surface area contributed by atoms with Crippen LogP contribution in [-0.4, -0.2) is 16.8 Å². The second kappa shape index (κ2) is 9.43. The van der Waals surface area contributed by atoms with Crippen molar-refractivity contribution in [2.45, 2.75) is 6.42 Å². The first kappa shape index (κ1) is 19.9. The fourth-order valence-electron chi connectivity index (χ4n) is 2.81. The van der Waals surface area contributed by atoms with Crippen LogP contribution in [0.1, 0.15) is 10.4 Å². The molecule has 4 aromatic rings. The molecule has 0 amide bonds. The third-order valence-electron chi connectivity index (χ3n) is 4.27. The minimum Gasteiger partial charge on any atom is -0.457 e. The smallest absolute Gasteiger partial charge is 0.271 e. The summed E-state index contributed by atoms with van der Waals surface area (Å²) in [5.41, 5.74) is 7.07. The fourth-order valence-corrected chi connectivity index (χ4v) is 4.27. The van der Waals surface area contributed by atoms with Crippen molar-refractivity contribution < 1.29 is 4.74 Å². The van der Waals surface area contributed by atoms with Gasteiger partial charge in [0.2, 0.25) is 0 Å². The summed E-state index contributed by atoms with van der Waals surface area (Å²) in [7, 11) is 0. The van der Waals surface area contributed by atoms with Crippen LogP contribution in [-0.2, 0) is 6.42 Å². The average molecular weight is 437 g/mol. The van der Waals surface area contributed by atoms with E-state index in [4.69, 9.17) is 10.5 Å². The Morgan fingerprint density at radius 3 is 2.53 bits per heavy atom. The van der Waals surface area contributed by atoms with E-state index >= 15 is 0 Å². The van der Waals surface area contributed by atoms with E-state index in [1.165, 1.54) is 16.4 Å². The lowest BCUT2D eigenvalue weighted by molar-refractivity contribution is 0.483. The second-order valence-corrected chi connectivity index (χ2v) is 8.25. The highest BCUT2D eigenvalue weighted by Crippen LogP contribution is 2.26. The molecule has 0 atom stereocenters. The first-order valence-corrected chi connectivity index (χ1v) is 11.0. The summed E-state index contributed by atoms with van der Waals surface area (Å²) in [6, 6.07) is 21.2. The number of nitrogens with two attached hydrogens (primary N) is 1. The van der Waals surface area contributed by atoms with Gasteiger partial charge in [0.15, 0.2) is 0 Å². The molecular formula is C22H20N4O2S2. The number of rotatable bonds is 8. The van der Waals surface area contributed by atoms with Gasteiger partial charge in [-0.25, -0.2) is 0 Å². The number of nitrogens with one attached hydrogen (secondary N) is 2. The molecule has 0 unspecified atom stereocenters. The molecule has 0 aliphatic carbocycles. The maximum atomic E-state index is 12.3. The number of anilines is 2. The highest BCUT2D eigenvalue weighted by molar-refractivity contribution is 7.10. The molecule has 0 radical (unpaired) electrons. The van der Waals surface area contributed by atoms with Crippen LogP contribution in [0.2, 0.25) is 0 Å². The van der Waals surface area contributed by atoms with Crippen molar-refractivity contribution in [3.05, 3.63) is 92.9 Å². The van der Waals surface area contributed by atoms with Gasteiger partial charge < -0.3 is 15.8 Å². The highest BCUT2D eigenvalue weighted by Gasteiger charge is 2.15. The van der Waals surface area contributed by atoms with Crippen molar-refractivity contribution in [1.29, 1.82) is 0 Å². The number of para-hydroxylation sites is 1. The van der Waals surface area contributed by atoms with Crippen molar-refractivity contribution in [2.24, 2.45) is 10.7 Å². The van der Waals surface area contributed by atoms with Crippen molar-refractivity contribution in [3.8, 4) is 11.5 Å². The van der Waals surface area contributed by atoms with E-state index in [9.17, 15) is 4.79 Å². The molecule has 30 heavy (non-hydrogen) atoms. The number of benzene rings is 2. The van der Waals surface area contributed by atoms with E-state index in [0.717, 1.165) is 23.6 Å². The summed E-state index contributed by atoms with van der Waals surface area (Å²) < 4.78 is 8.53. The zero-order chi connectivity index (χ0) is 20.8. The molecule has 6 nitrogen and oxygen atoms in total. The Kier molecular flexibility index (Phi) is 6.26. The molecule has 8 heteroatoms. The minimum absolute atomic E-state index is 0.237. The predicted molar refractivity (Wildman–Crippen MR) is 125 cm³/mol. The Labute approximate surface area is 181 Å². The zero-order valence-corrected chi connectivity index (χ0v) is 17.6. The molecule has 4 N–H and O–H groups in total. The summed E-state index contributed by atoms with van der Waals surface area (Å²) in [6.07, 6.45) is 0.798. The first-order valence-electron chi connectivity index (χ1n) is 9.33. The SMILES string of the molecule is NC(=NCCc1cccs1)c1c(Nc2ccc(Oc3ccccc3)cc2)s[nH]c1=O. The molecule has 0 saturated carbocycles. The number of hydrogen-bond donors (Lipinski definition) is 3. The van der Waals surface area contributed by atoms with Gasteiger partial charge in [0.05, 0.1) is 0 Å². The minimum atomic E-state index is -0.246. The van der Waals surface area contributed by atoms with Crippen LogP contribution in [0.15, 0.2) is 81.9 Å². The number of aliphatic imine (C=N–C) groups is 1. The van der Waals surface area contributed by atoms with Crippen LogP contribution in [0.4, 0.5) is 10.7 Å². The Morgan fingerprint density at radius 2 is 1.80 bits per heavy atom. The topological polar surface area (TPSA) is 92.5 Å². The molecule has 2 aromatic heterocycles. The quantitative estimate of drug-likeness (QED) is 0.268. The standard InChI is InChI=1S/C22H20N4O2S2/c23-20(24-13-12-18-7-4-14-29-18)19-21(27)26-30-22(19)25-15-8-10-17(11-9-15)28-16-5-2-1-3-6-16/h1-11,14,25H,12-13H2,(H2,23,24)(H,26,27). The molecule has 2 aromatic carbocycles. The maximum absolute atomic E-state index is 12.3. The fraction of sp³-hybridized carbons (Fsp3) is 0.0909. The van der Waals surface area contributed by atoms with Crippen LogP contribution in [0.3, 0.4) is 0 Å². The van der Waals surface area contributed by atoms with Gasteiger partial charge in [-0.3, -0.25) is 14.2 Å². The van der Waals surface area contributed by atoms with Gasteiger partial charge in [0.25, 0.3) is 5.56 Å². The largest absolute Gasteiger partial charge is 0.457 e. The number of ether oxygens (including phenoxy) is 1. The Bertz CT molecular complexity index is 1160. The van der Waals surface area contributed by atoms with Crippen LogP contribution in [0, 0.1) is 0 Å². The molecule has 0 saturated heterocycles. The normalized spacial score (nSPS) is 11.4. The lowest BCUT2D eigenvalue weighted by Gasteiger charge is -2.08. The number of hydrogen-bond acceptors (Lipinski definition) is 6. The number of nitrogens with zero attached hydrogens (tertiary/aromatic N) is 1. The molecule has 0 aliphatic rings. The van der Waals surface area contributed by atoms with Crippen molar-refractivity contribution >= 4 is 39.4 Å². The summed E-state index contributed by atoms with van der Waals surface area (Å²) in [4.78, 5) is 17.9. The van der Waals surface area contributed by atoms with E-state index in [-0.39, 0.29) is 11.4 Å². The molecule has 0 spiro atoms. The van der Waals surface area contributed by atoms with Gasteiger partial charge in [-0.1, -0.05) is 24.3 Å². The van der Waals surface area contributed by atoms with Gasteiger partial charge in [-0.05, 0) is 59.4 Å². The zero-order valence-electron chi connectivity index (χ0n) is 16.0. The van der Waals surface area contributed by atoms with Crippen LogP contribution < -0.4 is 21.3 Å². The third kappa shape index (κ3) is 4.97. The average Bonchev–Trinajstić information content (AvgIpc) is 3.40. The van der Waals surface area contributed by atoms with E-state index < -0.39 is 0 Å². The van der Waals surface area contributed by atoms with Crippen molar-refractivity contribution in [2.75, 3.05) is 11.9 Å². The van der Waals surface area contributed by atoms with Crippen LogP contribution >= 0.6 is 22.9 Å². The lowest BCUT2D eigenvalue weighted by Crippen LogP contribution is -2.22. The van der Waals surface area contributed by atoms with Gasteiger partial charge >= 0.3 is 0 Å². The van der Waals surface area contributed by atoms with Gasteiger partial charge in [0.1, 0.15) is 27.9 Å². The molecule has 0 bridgehead atoms. The third-order valence-corrected chi connectivity index (χ3v) is 6.00. The molecular weight excluding hydrogens is 416 g/mol. The Balaban J connectivity index is 1.44. The van der Waals surface area contributed by atoms with Crippen LogP contribution in [0.25, 0.3) is 0 Å². The van der Waals surface area contributed by atoms with Gasteiger partial charge in [-0.15, -0.1) is 11.3 Å². The summed E-state index contributed by atoms with van der Waals surface area (Å²) in [5.74, 6) is 1.74. The number of thiophene rings is 1. The number of amidine groups is 1. The van der Waals surface area contributed by atoms with E-state index in [1.54, 1.807) is 11.3 Å². The van der Waals surface area contributed by atoms with Crippen LogP contribution in [0.5, 0.6) is 11.5 Å². The van der Waals surface area contributed by atoms with Gasteiger partial charge in [0, 0.05) is 23.5 Å². The first-order chi connectivity index (χ1) is 14.7. The Hall–Kier alpha value is -3.36. The highest BCUT2D eigenvalue weighted by atomic mass is 32.1. The summed E-state index contributed by atoms with van der Waals surface area (Å²) in [6.45, 7) is 0.534. The van der Waals surface area contributed by atoms with E-state index in [0.29, 0.717) is 17.1 Å². The lowest BCUT2D eigenvalue weighted by atomic mass is 10.2. The molecule has 0 fully saturated rings.